The number of nitrogens with one attached hydrogen (secondary N) is 2. The van der Waals surface area contributed by atoms with E-state index >= 15 is 0 Å². The summed E-state index contributed by atoms with van der Waals surface area (Å²) in [4.78, 5) is 11.5. The number of hydrogen-bond donors (Lipinski definition) is 3. The number of H-pyrrole nitrogens is 1. The molecule has 0 spiro atoms. The molecular weight excluding hydrogens is 222 g/mol. The summed E-state index contributed by atoms with van der Waals surface area (Å²) in [6.45, 7) is 2.42. The van der Waals surface area contributed by atoms with Crippen LogP contribution in [0.25, 0.3) is 0 Å². The summed E-state index contributed by atoms with van der Waals surface area (Å²) < 4.78 is 0. The number of amides is 1. The molecule has 1 aliphatic rings. The Bertz CT molecular complexity index is 370. The lowest BCUT2D eigenvalue weighted by atomic mass is 9.79. The number of aromatic nitrogens is 4. The fourth-order valence-electron chi connectivity index (χ4n) is 2.06. The summed E-state index contributed by atoms with van der Waals surface area (Å²) in [5.41, 5.74) is -0.786. The molecule has 0 saturated heterocycles. The first-order valence-electron chi connectivity index (χ1n) is 5.83. The van der Waals surface area contributed by atoms with Crippen molar-refractivity contribution in [1.82, 2.24) is 25.9 Å². The molecule has 7 heteroatoms. The summed E-state index contributed by atoms with van der Waals surface area (Å²) in [6.07, 6.45) is 3.44. The third-order valence-corrected chi connectivity index (χ3v) is 3.33. The van der Waals surface area contributed by atoms with Crippen molar-refractivity contribution in [2.24, 2.45) is 5.92 Å². The standard InChI is InChI=1S/C10H17N5O2/c1-7-2-4-10(17,5-3-7)6-11-9(16)8-12-14-15-13-8/h7,17H,2-6H2,1H3,(H,11,16)(H,12,13,14,15). The quantitative estimate of drug-likeness (QED) is 0.681. The van der Waals surface area contributed by atoms with Crippen LogP contribution in [0.3, 0.4) is 0 Å². The van der Waals surface area contributed by atoms with Gasteiger partial charge in [-0.2, -0.15) is 5.21 Å². The van der Waals surface area contributed by atoms with E-state index in [9.17, 15) is 9.90 Å². The smallest absolute Gasteiger partial charge is 0.292 e. The van der Waals surface area contributed by atoms with Crippen LogP contribution in [0, 0.1) is 5.92 Å². The first-order chi connectivity index (χ1) is 8.09. The second-order valence-corrected chi connectivity index (χ2v) is 4.82. The zero-order valence-corrected chi connectivity index (χ0v) is 9.81. The molecule has 94 valence electrons. The normalized spacial score (nSPS) is 28.9. The number of nitrogens with zero attached hydrogens (tertiary/aromatic N) is 3. The highest BCUT2D eigenvalue weighted by Crippen LogP contribution is 2.31. The van der Waals surface area contributed by atoms with Gasteiger partial charge in [-0.15, -0.1) is 10.2 Å². The van der Waals surface area contributed by atoms with Crippen LogP contribution in [-0.2, 0) is 0 Å². The summed E-state index contributed by atoms with van der Waals surface area (Å²) in [5, 5.41) is 25.6. The highest BCUT2D eigenvalue weighted by molar-refractivity contribution is 5.90. The van der Waals surface area contributed by atoms with Gasteiger partial charge in [-0.25, -0.2) is 0 Å². The fourth-order valence-corrected chi connectivity index (χ4v) is 2.06. The molecule has 0 bridgehead atoms. The molecule has 1 aliphatic carbocycles. The van der Waals surface area contributed by atoms with E-state index in [1.54, 1.807) is 0 Å². The topological polar surface area (TPSA) is 104 Å². The van der Waals surface area contributed by atoms with E-state index in [-0.39, 0.29) is 12.4 Å². The van der Waals surface area contributed by atoms with Crippen LogP contribution in [0.4, 0.5) is 0 Å². The minimum absolute atomic E-state index is 0.00206. The molecule has 3 N–H and O–H groups in total. The van der Waals surface area contributed by atoms with Gasteiger partial charge in [-0.1, -0.05) is 6.92 Å². The van der Waals surface area contributed by atoms with Gasteiger partial charge in [-0.3, -0.25) is 4.79 Å². The van der Waals surface area contributed by atoms with Gasteiger partial charge in [-0.05, 0) is 36.8 Å². The van der Waals surface area contributed by atoms with Crippen LogP contribution in [-0.4, -0.2) is 43.8 Å². The van der Waals surface area contributed by atoms with Gasteiger partial charge >= 0.3 is 0 Å². The predicted octanol–water partition coefficient (Wildman–Crippen LogP) is -0.129. The molecule has 0 radical (unpaired) electrons. The van der Waals surface area contributed by atoms with Crippen molar-refractivity contribution in [2.45, 2.75) is 38.2 Å². The molecule has 0 unspecified atom stereocenters. The molecule has 2 rings (SSSR count). The molecule has 1 aromatic rings. The van der Waals surface area contributed by atoms with E-state index in [1.807, 2.05) is 0 Å². The maximum atomic E-state index is 11.5. The second-order valence-electron chi connectivity index (χ2n) is 4.82. The van der Waals surface area contributed by atoms with Gasteiger partial charge in [0.1, 0.15) is 0 Å². The Morgan fingerprint density at radius 3 is 2.88 bits per heavy atom. The highest BCUT2D eigenvalue weighted by atomic mass is 16.3. The van der Waals surface area contributed by atoms with E-state index in [2.05, 4.69) is 32.9 Å². The first kappa shape index (κ1) is 12.0. The Balaban J connectivity index is 1.83. The summed E-state index contributed by atoms with van der Waals surface area (Å²) >= 11 is 0. The van der Waals surface area contributed by atoms with Crippen LogP contribution in [0.2, 0.25) is 0 Å². The number of hydrogen-bond acceptors (Lipinski definition) is 5. The van der Waals surface area contributed by atoms with Gasteiger partial charge in [0.05, 0.1) is 5.60 Å². The van der Waals surface area contributed by atoms with Gasteiger partial charge in [0.2, 0.25) is 0 Å². The van der Waals surface area contributed by atoms with Gasteiger partial charge < -0.3 is 10.4 Å². The number of carbonyl (C=O) groups excluding carboxylic acids is 1. The molecule has 0 atom stereocenters. The number of aliphatic hydroxyl groups is 1. The first-order valence-corrected chi connectivity index (χ1v) is 5.83. The third kappa shape index (κ3) is 3.00. The van der Waals surface area contributed by atoms with E-state index in [1.165, 1.54) is 0 Å². The van der Waals surface area contributed by atoms with Crippen molar-refractivity contribution in [3.63, 3.8) is 0 Å². The predicted molar refractivity (Wildman–Crippen MR) is 59.1 cm³/mol. The van der Waals surface area contributed by atoms with Crippen LogP contribution in [0.5, 0.6) is 0 Å². The molecular formula is C10H17N5O2. The van der Waals surface area contributed by atoms with Gasteiger partial charge in [0, 0.05) is 6.54 Å². The molecule has 0 aromatic carbocycles. The number of carbonyl (C=O) groups is 1. The molecule has 1 amide bonds. The Kier molecular flexibility index (Phi) is 3.37. The number of aromatic amines is 1. The lowest BCUT2D eigenvalue weighted by Crippen LogP contribution is -2.45. The number of tetrazole rings is 1. The average molecular weight is 239 g/mol. The zero-order chi connectivity index (χ0) is 12.3. The highest BCUT2D eigenvalue weighted by Gasteiger charge is 2.32. The maximum Gasteiger partial charge on any atom is 0.292 e. The van der Waals surface area contributed by atoms with Crippen LogP contribution in [0.15, 0.2) is 0 Å². The molecule has 7 nitrogen and oxygen atoms in total. The summed E-state index contributed by atoms with van der Waals surface area (Å²) in [7, 11) is 0. The summed E-state index contributed by atoms with van der Waals surface area (Å²) in [6, 6.07) is 0. The molecule has 17 heavy (non-hydrogen) atoms. The van der Waals surface area contributed by atoms with Crippen LogP contribution < -0.4 is 5.32 Å². The molecule has 1 aromatic heterocycles. The SMILES string of the molecule is CC1CCC(O)(CNC(=O)c2nn[nH]n2)CC1. The minimum atomic E-state index is -0.786. The van der Waals surface area contributed by atoms with Crippen molar-refractivity contribution in [2.75, 3.05) is 6.54 Å². The third-order valence-electron chi connectivity index (χ3n) is 3.33. The van der Waals surface area contributed by atoms with Crippen molar-refractivity contribution in [3.8, 4) is 0 Å². The van der Waals surface area contributed by atoms with Gasteiger partial charge in [0.25, 0.3) is 11.7 Å². The second kappa shape index (κ2) is 4.79. The monoisotopic (exact) mass is 239 g/mol. The van der Waals surface area contributed by atoms with E-state index < -0.39 is 11.5 Å². The van der Waals surface area contributed by atoms with Crippen LogP contribution >= 0.6 is 0 Å². The van der Waals surface area contributed by atoms with E-state index in [4.69, 9.17) is 0 Å². The number of rotatable bonds is 3. The average Bonchev–Trinajstić information content (AvgIpc) is 2.84. The van der Waals surface area contributed by atoms with Crippen LogP contribution in [0.1, 0.15) is 43.2 Å². The van der Waals surface area contributed by atoms with E-state index in [0.717, 1.165) is 25.7 Å². The molecule has 1 heterocycles. The fraction of sp³-hybridized carbons (Fsp3) is 0.800. The minimum Gasteiger partial charge on any atom is -0.388 e. The van der Waals surface area contributed by atoms with Crippen molar-refractivity contribution >= 4 is 5.91 Å². The van der Waals surface area contributed by atoms with Crippen molar-refractivity contribution in [1.29, 1.82) is 0 Å². The molecule has 0 aliphatic heterocycles. The molecule has 1 fully saturated rings. The Morgan fingerprint density at radius 1 is 1.59 bits per heavy atom. The lowest BCUT2D eigenvalue weighted by Gasteiger charge is -2.34. The molecule has 1 saturated carbocycles. The Labute approximate surface area is 99.0 Å². The van der Waals surface area contributed by atoms with Crippen molar-refractivity contribution in [3.05, 3.63) is 5.82 Å². The Morgan fingerprint density at radius 2 is 2.29 bits per heavy atom. The van der Waals surface area contributed by atoms with E-state index in [0.29, 0.717) is 5.92 Å². The van der Waals surface area contributed by atoms with Crippen molar-refractivity contribution < 1.29 is 9.90 Å². The lowest BCUT2D eigenvalue weighted by molar-refractivity contribution is -0.00547. The zero-order valence-electron chi connectivity index (χ0n) is 9.81. The summed E-state index contributed by atoms with van der Waals surface area (Å²) in [5.74, 6) is 0.242. The maximum absolute atomic E-state index is 11.5. The van der Waals surface area contributed by atoms with Gasteiger partial charge in [0.15, 0.2) is 0 Å². The Hall–Kier alpha value is -1.50. The largest absolute Gasteiger partial charge is 0.388 e.